The minimum atomic E-state index is 0.660. The normalized spacial score (nSPS) is 10.1. The van der Waals surface area contributed by atoms with E-state index in [-0.39, 0.29) is 0 Å². The van der Waals surface area contributed by atoms with E-state index in [0.29, 0.717) is 6.61 Å². The highest BCUT2D eigenvalue weighted by Crippen LogP contribution is 2.21. The van der Waals surface area contributed by atoms with Crippen molar-refractivity contribution in [3.05, 3.63) is 70.3 Å². The minimum absolute atomic E-state index is 0.660. The number of hydrogen-bond donors (Lipinski definition) is 0. The van der Waals surface area contributed by atoms with Crippen LogP contribution >= 0.6 is 22.6 Å². The molecule has 2 aromatic rings. The molecule has 0 amide bonds. The van der Waals surface area contributed by atoms with Gasteiger partial charge in [-0.25, -0.2) is 0 Å². The molecule has 92 valence electrons. The Hall–Kier alpha value is -1.29. The van der Waals surface area contributed by atoms with Crippen LogP contribution in [0, 0.1) is 3.57 Å². The Morgan fingerprint density at radius 3 is 2.39 bits per heavy atom. The van der Waals surface area contributed by atoms with E-state index in [2.05, 4.69) is 41.3 Å². The predicted molar refractivity (Wildman–Crippen MR) is 84.7 cm³/mol. The van der Waals surface area contributed by atoms with Crippen molar-refractivity contribution in [1.29, 1.82) is 0 Å². The molecule has 0 radical (unpaired) electrons. The summed E-state index contributed by atoms with van der Waals surface area (Å²) in [6.07, 6.45) is 0.842. The van der Waals surface area contributed by atoms with Crippen LogP contribution in [0.3, 0.4) is 0 Å². The average Bonchev–Trinajstić information content (AvgIpc) is 2.42. The van der Waals surface area contributed by atoms with Crippen molar-refractivity contribution in [1.82, 2.24) is 0 Å². The summed E-state index contributed by atoms with van der Waals surface area (Å²) in [7, 11) is 0. The molecule has 0 aliphatic carbocycles. The quantitative estimate of drug-likeness (QED) is 0.706. The van der Waals surface area contributed by atoms with Crippen LogP contribution in [-0.4, -0.2) is 6.61 Å². The summed E-state index contributed by atoms with van der Waals surface area (Å²) < 4.78 is 6.90. The van der Waals surface area contributed by atoms with Crippen LogP contribution in [0.15, 0.2) is 61.2 Å². The molecular formula is C16H15IO. The van der Waals surface area contributed by atoms with E-state index in [1.807, 2.05) is 42.5 Å². The van der Waals surface area contributed by atoms with Gasteiger partial charge in [0.1, 0.15) is 5.75 Å². The molecule has 0 aliphatic heterocycles. The lowest BCUT2D eigenvalue weighted by atomic mass is 10.1. The Kier molecular flexibility index (Phi) is 4.81. The third kappa shape index (κ3) is 3.60. The number of benzene rings is 2. The second-order valence-electron chi connectivity index (χ2n) is 4.00. The lowest BCUT2D eigenvalue weighted by Gasteiger charge is -2.09. The van der Waals surface area contributed by atoms with Crippen molar-refractivity contribution >= 4 is 28.2 Å². The van der Waals surface area contributed by atoms with Gasteiger partial charge in [0.15, 0.2) is 0 Å². The van der Waals surface area contributed by atoms with E-state index < -0.39 is 0 Å². The van der Waals surface area contributed by atoms with Crippen LogP contribution < -0.4 is 4.74 Å². The molecule has 1 nitrogen and oxygen atoms in total. The lowest BCUT2D eigenvalue weighted by molar-refractivity contribution is 0.325. The molecule has 0 saturated heterocycles. The van der Waals surface area contributed by atoms with Gasteiger partial charge in [0.05, 0.1) is 10.2 Å². The van der Waals surface area contributed by atoms with Crippen molar-refractivity contribution in [3.63, 3.8) is 0 Å². The Morgan fingerprint density at radius 1 is 1.00 bits per heavy atom. The van der Waals surface area contributed by atoms with E-state index in [4.69, 9.17) is 4.74 Å². The van der Waals surface area contributed by atoms with Gasteiger partial charge in [0, 0.05) is 6.42 Å². The monoisotopic (exact) mass is 350 g/mol. The highest BCUT2D eigenvalue weighted by atomic mass is 127. The topological polar surface area (TPSA) is 9.23 Å². The Bertz CT molecular complexity index is 520. The lowest BCUT2D eigenvalue weighted by Crippen LogP contribution is -1.99. The molecule has 2 heteroatoms. The van der Waals surface area contributed by atoms with Crippen molar-refractivity contribution < 1.29 is 4.74 Å². The minimum Gasteiger partial charge on any atom is -0.492 e. The molecule has 0 aliphatic rings. The second-order valence-corrected chi connectivity index (χ2v) is 5.16. The van der Waals surface area contributed by atoms with Gasteiger partial charge >= 0.3 is 0 Å². The van der Waals surface area contributed by atoms with Crippen molar-refractivity contribution in [3.8, 4) is 5.75 Å². The highest BCUT2D eigenvalue weighted by molar-refractivity contribution is 14.1. The summed E-state index contributed by atoms with van der Waals surface area (Å²) in [6, 6.07) is 18.3. The van der Waals surface area contributed by atoms with E-state index in [9.17, 15) is 0 Å². The fraction of sp³-hybridized carbons (Fsp3) is 0.125. The van der Waals surface area contributed by atoms with Crippen LogP contribution in [0.4, 0.5) is 0 Å². The number of rotatable bonds is 5. The van der Waals surface area contributed by atoms with Crippen LogP contribution in [-0.2, 0) is 0 Å². The first-order chi connectivity index (χ1) is 8.77. The zero-order valence-corrected chi connectivity index (χ0v) is 12.3. The Balaban J connectivity index is 1.86. The molecule has 0 atom stereocenters. The van der Waals surface area contributed by atoms with Crippen LogP contribution in [0.5, 0.6) is 5.75 Å². The van der Waals surface area contributed by atoms with Gasteiger partial charge in [-0.1, -0.05) is 49.0 Å². The zero-order chi connectivity index (χ0) is 12.8. The SMILES string of the molecule is C=C(CCOc1ccccc1I)c1ccccc1. The molecule has 0 bridgehead atoms. The van der Waals surface area contributed by atoms with Gasteiger partial charge in [-0.15, -0.1) is 0 Å². The number of para-hydroxylation sites is 1. The van der Waals surface area contributed by atoms with Crippen molar-refractivity contribution in [2.24, 2.45) is 0 Å². The molecule has 0 saturated carbocycles. The smallest absolute Gasteiger partial charge is 0.132 e. The molecular weight excluding hydrogens is 335 g/mol. The van der Waals surface area contributed by atoms with Crippen LogP contribution in [0.2, 0.25) is 0 Å². The number of hydrogen-bond acceptors (Lipinski definition) is 1. The van der Waals surface area contributed by atoms with Gasteiger partial charge in [-0.2, -0.15) is 0 Å². The van der Waals surface area contributed by atoms with Gasteiger partial charge in [0.2, 0.25) is 0 Å². The fourth-order valence-electron chi connectivity index (χ4n) is 1.66. The molecule has 0 fully saturated rings. The van der Waals surface area contributed by atoms with Crippen LogP contribution in [0.25, 0.3) is 5.57 Å². The number of ether oxygens (including phenoxy) is 1. The first kappa shape index (κ1) is 13.1. The predicted octanol–water partition coefficient (Wildman–Crippen LogP) is 4.77. The summed E-state index contributed by atoms with van der Waals surface area (Å²) in [6.45, 7) is 4.76. The van der Waals surface area contributed by atoms with E-state index >= 15 is 0 Å². The maximum Gasteiger partial charge on any atom is 0.132 e. The van der Waals surface area contributed by atoms with Crippen molar-refractivity contribution in [2.75, 3.05) is 6.61 Å². The molecule has 0 aromatic heterocycles. The van der Waals surface area contributed by atoms with Gasteiger partial charge < -0.3 is 4.74 Å². The Labute approximate surface area is 122 Å². The summed E-state index contributed by atoms with van der Waals surface area (Å²) in [5.41, 5.74) is 2.30. The molecule has 18 heavy (non-hydrogen) atoms. The molecule has 0 heterocycles. The third-order valence-corrected chi connectivity index (χ3v) is 3.57. The maximum atomic E-state index is 5.76. The van der Waals surface area contributed by atoms with Crippen LogP contribution in [0.1, 0.15) is 12.0 Å². The molecule has 2 aromatic carbocycles. The first-order valence-corrected chi connectivity index (χ1v) is 6.96. The van der Waals surface area contributed by atoms with Gasteiger partial charge in [0.25, 0.3) is 0 Å². The molecule has 0 N–H and O–H groups in total. The van der Waals surface area contributed by atoms with E-state index in [0.717, 1.165) is 21.3 Å². The maximum absolute atomic E-state index is 5.76. The first-order valence-electron chi connectivity index (χ1n) is 5.88. The zero-order valence-electron chi connectivity index (χ0n) is 10.1. The Morgan fingerprint density at radius 2 is 1.67 bits per heavy atom. The summed E-state index contributed by atoms with van der Waals surface area (Å²) >= 11 is 2.28. The van der Waals surface area contributed by atoms with E-state index in [1.54, 1.807) is 0 Å². The van der Waals surface area contributed by atoms with Gasteiger partial charge in [-0.3, -0.25) is 0 Å². The summed E-state index contributed by atoms with van der Waals surface area (Å²) in [4.78, 5) is 0. The standard InChI is InChI=1S/C16H15IO/c1-13(14-7-3-2-4-8-14)11-12-18-16-10-6-5-9-15(16)17/h2-10H,1,11-12H2. The fourth-order valence-corrected chi connectivity index (χ4v) is 2.21. The molecule has 0 spiro atoms. The third-order valence-electron chi connectivity index (χ3n) is 2.68. The molecule has 2 rings (SSSR count). The summed E-state index contributed by atoms with van der Waals surface area (Å²) in [5, 5.41) is 0. The average molecular weight is 350 g/mol. The number of halogens is 1. The van der Waals surface area contributed by atoms with E-state index in [1.165, 1.54) is 5.56 Å². The molecule has 0 unspecified atom stereocenters. The largest absolute Gasteiger partial charge is 0.492 e. The van der Waals surface area contributed by atoms with Crippen molar-refractivity contribution in [2.45, 2.75) is 6.42 Å². The summed E-state index contributed by atoms with van der Waals surface area (Å²) in [5.74, 6) is 0.943. The van der Waals surface area contributed by atoms with Gasteiger partial charge in [-0.05, 0) is 45.9 Å². The highest BCUT2D eigenvalue weighted by Gasteiger charge is 2.01. The second kappa shape index (κ2) is 6.59.